The lowest BCUT2D eigenvalue weighted by atomic mass is 10.1. The van der Waals surface area contributed by atoms with Crippen LogP contribution >= 0.6 is 0 Å². The molecule has 2 aromatic rings. The summed E-state index contributed by atoms with van der Waals surface area (Å²) < 4.78 is 16.4. The molecule has 0 fully saturated rings. The molecule has 1 N–H and O–H groups in total. The van der Waals surface area contributed by atoms with E-state index in [9.17, 15) is 4.79 Å². The Bertz CT molecular complexity index is 798. The van der Waals surface area contributed by atoms with Crippen molar-refractivity contribution in [2.24, 2.45) is 0 Å². The number of nitrogens with one attached hydrogen (secondary N) is 1. The minimum Gasteiger partial charge on any atom is -0.486 e. The number of carbonyl (C=O) groups is 1. The smallest absolute Gasteiger partial charge is 0.262 e. The average Bonchev–Trinajstić information content (AvgIpc) is 2.59. The maximum Gasteiger partial charge on any atom is 0.262 e. The van der Waals surface area contributed by atoms with E-state index >= 15 is 0 Å². The van der Waals surface area contributed by atoms with Crippen LogP contribution in [0.5, 0.6) is 17.2 Å². The zero-order valence-electron chi connectivity index (χ0n) is 12.4. The highest BCUT2D eigenvalue weighted by molar-refractivity contribution is 5.95. The van der Waals surface area contributed by atoms with Gasteiger partial charge in [-0.1, -0.05) is 24.3 Å². The molecular weight excluding hydrogens is 294 g/mol. The first-order valence-corrected chi connectivity index (χ1v) is 7.42. The minimum absolute atomic E-state index is 0.0688. The van der Waals surface area contributed by atoms with Crippen LogP contribution in [-0.4, -0.2) is 25.7 Å². The number of anilines is 1. The summed E-state index contributed by atoms with van der Waals surface area (Å²) in [7, 11) is 0. The molecule has 2 heterocycles. The van der Waals surface area contributed by atoms with Crippen molar-refractivity contribution in [3.05, 3.63) is 47.5 Å². The van der Waals surface area contributed by atoms with Crippen molar-refractivity contribution in [2.45, 2.75) is 0 Å². The quantitative estimate of drug-likeness (QED) is 0.867. The molecule has 0 spiro atoms. The second-order valence-corrected chi connectivity index (χ2v) is 5.33. The van der Waals surface area contributed by atoms with E-state index < -0.39 is 0 Å². The molecule has 0 aromatic heterocycles. The molecule has 0 bridgehead atoms. The maximum absolute atomic E-state index is 11.4. The van der Waals surface area contributed by atoms with Crippen molar-refractivity contribution in [2.75, 3.05) is 25.1 Å². The molecule has 2 aliphatic heterocycles. The van der Waals surface area contributed by atoms with Crippen molar-refractivity contribution < 1.29 is 19.0 Å². The van der Waals surface area contributed by atoms with Crippen LogP contribution in [-0.2, 0) is 4.79 Å². The lowest BCUT2D eigenvalue weighted by Crippen LogP contribution is -2.25. The van der Waals surface area contributed by atoms with Gasteiger partial charge in [0.1, 0.15) is 19.0 Å². The minimum atomic E-state index is -0.134. The molecule has 0 unspecified atom stereocenters. The van der Waals surface area contributed by atoms with Gasteiger partial charge in [-0.2, -0.15) is 0 Å². The van der Waals surface area contributed by atoms with E-state index in [2.05, 4.69) is 5.32 Å². The van der Waals surface area contributed by atoms with Gasteiger partial charge in [0, 0.05) is 0 Å². The topological polar surface area (TPSA) is 56.8 Å². The van der Waals surface area contributed by atoms with E-state index in [1.165, 1.54) is 0 Å². The van der Waals surface area contributed by atoms with Gasteiger partial charge in [-0.3, -0.25) is 4.79 Å². The highest BCUT2D eigenvalue weighted by atomic mass is 16.6. The Morgan fingerprint density at radius 3 is 2.35 bits per heavy atom. The lowest BCUT2D eigenvalue weighted by Gasteiger charge is -2.18. The third kappa shape index (κ3) is 2.85. The first kappa shape index (κ1) is 13.7. The van der Waals surface area contributed by atoms with Gasteiger partial charge in [0.15, 0.2) is 18.1 Å². The van der Waals surface area contributed by atoms with Crippen LogP contribution in [0.4, 0.5) is 5.69 Å². The van der Waals surface area contributed by atoms with Crippen molar-refractivity contribution in [1.82, 2.24) is 0 Å². The highest BCUT2D eigenvalue weighted by Crippen LogP contribution is 2.32. The van der Waals surface area contributed by atoms with Gasteiger partial charge in [0.2, 0.25) is 0 Å². The number of hydrogen-bond donors (Lipinski definition) is 1. The molecule has 4 rings (SSSR count). The molecular formula is C18H15NO4. The van der Waals surface area contributed by atoms with Crippen LogP contribution in [0.1, 0.15) is 11.1 Å². The number of amides is 1. The number of benzene rings is 2. The molecule has 0 radical (unpaired) electrons. The summed E-state index contributed by atoms with van der Waals surface area (Å²) in [5.41, 5.74) is 2.70. The molecule has 0 atom stereocenters. The Morgan fingerprint density at radius 1 is 0.826 bits per heavy atom. The van der Waals surface area contributed by atoms with Crippen molar-refractivity contribution >= 4 is 23.7 Å². The maximum atomic E-state index is 11.4. The third-order valence-electron chi connectivity index (χ3n) is 3.67. The van der Waals surface area contributed by atoms with E-state index in [1.807, 2.05) is 48.6 Å². The van der Waals surface area contributed by atoms with Gasteiger partial charge in [-0.15, -0.1) is 0 Å². The fourth-order valence-electron chi connectivity index (χ4n) is 2.56. The largest absolute Gasteiger partial charge is 0.486 e. The summed E-state index contributed by atoms with van der Waals surface area (Å²) >= 11 is 0. The molecule has 116 valence electrons. The summed E-state index contributed by atoms with van der Waals surface area (Å²) in [6, 6.07) is 11.5. The molecule has 0 saturated carbocycles. The van der Waals surface area contributed by atoms with Gasteiger partial charge in [0.25, 0.3) is 5.91 Å². The van der Waals surface area contributed by atoms with E-state index in [0.29, 0.717) is 24.7 Å². The number of hydrogen-bond acceptors (Lipinski definition) is 4. The molecule has 2 aromatic carbocycles. The molecule has 2 aliphatic rings. The van der Waals surface area contributed by atoms with Gasteiger partial charge in [-0.05, 0) is 35.4 Å². The monoisotopic (exact) mass is 309 g/mol. The van der Waals surface area contributed by atoms with Crippen LogP contribution in [0.25, 0.3) is 12.2 Å². The average molecular weight is 309 g/mol. The summed E-state index contributed by atoms with van der Waals surface area (Å²) in [6.45, 7) is 1.23. The Morgan fingerprint density at radius 2 is 1.52 bits per heavy atom. The highest BCUT2D eigenvalue weighted by Gasteiger charge is 2.15. The first-order valence-electron chi connectivity index (χ1n) is 7.42. The van der Waals surface area contributed by atoms with Crippen molar-refractivity contribution in [3.63, 3.8) is 0 Å². The second kappa shape index (κ2) is 5.68. The van der Waals surface area contributed by atoms with E-state index in [-0.39, 0.29) is 12.5 Å². The number of ether oxygens (including phenoxy) is 3. The van der Waals surface area contributed by atoms with Gasteiger partial charge >= 0.3 is 0 Å². The number of fused-ring (bicyclic) bond motifs is 2. The van der Waals surface area contributed by atoms with Gasteiger partial charge in [0.05, 0.1) is 5.69 Å². The summed E-state index contributed by atoms with van der Waals surface area (Å²) in [6.07, 6.45) is 3.97. The normalized spacial score (nSPS) is 15.7. The van der Waals surface area contributed by atoms with E-state index in [1.54, 1.807) is 0 Å². The molecule has 0 aliphatic carbocycles. The van der Waals surface area contributed by atoms with Gasteiger partial charge in [-0.25, -0.2) is 0 Å². The molecule has 1 amide bonds. The zero-order valence-corrected chi connectivity index (χ0v) is 12.4. The molecule has 23 heavy (non-hydrogen) atoms. The predicted molar refractivity (Wildman–Crippen MR) is 86.9 cm³/mol. The zero-order chi connectivity index (χ0) is 15.6. The third-order valence-corrected chi connectivity index (χ3v) is 3.67. The lowest BCUT2D eigenvalue weighted by molar-refractivity contribution is -0.118. The van der Waals surface area contributed by atoms with Crippen LogP contribution in [0.15, 0.2) is 36.4 Å². The van der Waals surface area contributed by atoms with E-state index in [0.717, 1.165) is 22.6 Å². The molecule has 0 saturated heterocycles. The van der Waals surface area contributed by atoms with Crippen LogP contribution < -0.4 is 19.5 Å². The van der Waals surface area contributed by atoms with Crippen molar-refractivity contribution in [3.8, 4) is 17.2 Å². The standard InChI is InChI=1S/C18H15NO4/c20-18-11-23-15-5-3-12(9-14(15)19-18)1-2-13-4-6-16-17(10-13)22-8-7-21-16/h1-6,9-10H,7-8,11H2,(H,19,20). The summed E-state index contributed by atoms with van der Waals surface area (Å²) in [5, 5.41) is 2.81. The fraction of sp³-hybridized carbons (Fsp3) is 0.167. The number of carbonyl (C=O) groups excluding carboxylic acids is 1. The van der Waals surface area contributed by atoms with Crippen LogP contribution in [0.3, 0.4) is 0 Å². The Kier molecular flexibility index (Phi) is 3.38. The SMILES string of the molecule is O=C1COc2ccc(C=Cc3ccc4c(c3)OCCO4)cc2N1. The summed E-state index contributed by atoms with van der Waals surface area (Å²) in [5.74, 6) is 2.11. The van der Waals surface area contributed by atoms with E-state index in [4.69, 9.17) is 14.2 Å². The fourth-order valence-corrected chi connectivity index (χ4v) is 2.56. The van der Waals surface area contributed by atoms with Gasteiger partial charge < -0.3 is 19.5 Å². The Balaban J connectivity index is 1.57. The molecule has 5 nitrogen and oxygen atoms in total. The molecule has 5 heteroatoms. The Hall–Kier alpha value is -2.95. The number of rotatable bonds is 2. The summed E-state index contributed by atoms with van der Waals surface area (Å²) in [4.78, 5) is 11.4. The predicted octanol–water partition coefficient (Wildman–Crippen LogP) is 2.96. The van der Waals surface area contributed by atoms with Crippen LogP contribution in [0, 0.1) is 0 Å². The second-order valence-electron chi connectivity index (χ2n) is 5.33. The Labute approximate surface area is 133 Å². The van der Waals surface area contributed by atoms with Crippen molar-refractivity contribution in [1.29, 1.82) is 0 Å². The van der Waals surface area contributed by atoms with Crippen LogP contribution in [0.2, 0.25) is 0 Å². The first-order chi connectivity index (χ1) is 11.3.